The van der Waals surface area contributed by atoms with Gasteiger partial charge in [0.15, 0.2) is 0 Å². The van der Waals surface area contributed by atoms with Crippen LogP contribution in [0.5, 0.6) is 0 Å². The zero-order valence-corrected chi connectivity index (χ0v) is 75.1. The van der Waals surface area contributed by atoms with Gasteiger partial charge in [-0.05, 0) is 121 Å². The van der Waals surface area contributed by atoms with Crippen LogP contribution in [0.4, 0.5) is 14.4 Å². The molecule has 42 heteroatoms. The Morgan fingerprint density at radius 2 is 0.735 bits per heavy atom. The predicted molar refractivity (Wildman–Crippen MR) is 454 cm³/mol. The van der Waals surface area contributed by atoms with Crippen molar-refractivity contribution in [2.24, 2.45) is 23.1 Å². The molecule has 0 radical (unpaired) electrons. The molecule has 0 unspecified atom stereocenters. The van der Waals surface area contributed by atoms with Crippen LogP contribution in [-0.2, 0) is 91.0 Å². The topological polar surface area (TPSA) is 494 Å². The van der Waals surface area contributed by atoms with Gasteiger partial charge in [0.2, 0.25) is 41.4 Å². The number of hydrogen-bond acceptors (Lipinski definition) is 24. The number of nitrogens with zero attached hydrogens (tertiary/aromatic N) is 6. The molecule has 660 valence electrons. The molecular weight excluding hydrogens is 1590 g/mol. The van der Waals surface area contributed by atoms with Crippen molar-refractivity contribution in [3.63, 3.8) is 0 Å². The summed E-state index contributed by atoms with van der Waals surface area (Å²) in [6.45, 7) is 23.0. The Labute approximate surface area is 709 Å². The lowest BCUT2D eigenvalue weighted by Crippen LogP contribution is -2.44. The first-order chi connectivity index (χ1) is 50.2. The SMILES string of the molecule is CC.CCCC(=O)N(CCC(=O)ON1C(=O)CCC1=O)CCN(CCC(=O)ON1C(=O)CCC1=O)C(=O)CCNC(=O)OC(C)(C)C.CC[C@@H](CCCCCC(=O)CCN(CCN(CCC(=O)NCCCC[C@H](NC)C(N)=O)C(=O)CCNC(=O)OC(C)(C)C)C(=O)CCNC(=O)OC(C)(C)C)C(N)=O.CN.S.S.S.S.S.S. The number of alkyl carbamates (subject to hydrolysis) is 3. The maximum Gasteiger partial charge on any atom is 0.407 e. The molecule has 113 heavy (non-hydrogen) atoms. The smallest absolute Gasteiger partial charge is 0.407 e. The molecule has 0 aliphatic carbocycles. The standard InChI is InChI=1S/C40H74N8O10.C28H41N5O12.C2H6.CH5N.6H2S/c1-9-29(35(41)53)15-11-10-12-16-30(49)20-25-47(33(51)18-23-45-37(55)57-39(2,3)4)27-28-48(34(52)19-24-46-38(56)58-40(5,6)7)26-21-32(50)44-22-14-13-17-31(43-8)36(42)54;1-5-6-19(34)30(15-12-25(40)44-32-21(36)7-8-22(32)37)17-18-31(20(35)11-14-29-27(42)43-28(2,3)4)16-13-26(41)45-33-23(38)9-10-24(33)39;2*1-2;;;;;;/h29,31,43H,9-28H2,1-8H3,(H2,41,53)(H2,42,54)(H,44,50)(H,45,55)(H,46,56);5-18H2,1-4H3,(H,29,42);1-2H3;2H2,1H3;6*1H2/t29-,31-;;;;;;;;;/m0........./s1. The molecule has 2 aliphatic rings. The van der Waals surface area contributed by atoms with E-state index in [1.54, 1.807) is 76.3 Å². The van der Waals surface area contributed by atoms with Crippen LogP contribution in [0, 0.1) is 5.92 Å². The van der Waals surface area contributed by atoms with Gasteiger partial charge in [-0.2, -0.15) is 81.0 Å². The number of ketones is 1. The number of carbonyl (C=O) groups is 17. The number of carbonyl (C=O) groups excluding carboxylic acids is 17. The molecule has 0 saturated carbocycles. The highest BCUT2D eigenvalue weighted by molar-refractivity contribution is 7.60. The monoisotopic (exact) mass is 1730 g/mol. The van der Waals surface area contributed by atoms with Gasteiger partial charge in [0.25, 0.3) is 23.6 Å². The first kappa shape index (κ1) is 122. The van der Waals surface area contributed by atoms with E-state index < -0.39 is 94.9 Å². The van der Waals surface area contributed by atoms with Crippen LogP contribution < -0.4 is 43.8 Å². The number of primary amides is 2. The fourth-order valence-corrected chi connectivity index (χ4v) is 9.87. The van der Waals surface area contributed by atoms with E-state index in [0.29, 0.717) is 68.0 Å². The van der Waals surface area contributed by atoms with Crippen molar-refractivity contribution in [3.05, 3.63) is 0 Å². The Morgan fingerprint density at radius 1 is 0.407 bits per heavy atom. The van der Waals surface area contributed by atoms with E-state index >= 15 is 0 Å². The number of imide groups is 2. The molecule has 2 atom stereocenters. The van der Waals surface area contributed by atoms with Crippen LogP contribution in [0.3, 0.4) is 0 Å². The Bertz CT molecular complexity index is 2780. The maximum atomic E-state index is 13.5. The van der Waals surface area contributed by atoms with Crippen LogP contribution in [0.1, 0.15) is 231 Å². The molecule has 2 rings (SSSR count). The number of hydroxylamine groups is 4. The maximum absolute atomic E-state index is 13.5. The number of ether oxygens (including phenoxy) is 3. The number of Topliss-reactive ketones (excluding diaryl/α,β-unsaturated/α-hetero) is 1. The molecule has 0 aromatic rings. The minimum atomic E-state index is -0.934. The lowest BCUT2D eigenvalue weighted by molar-refractivity contribution is -0.197. The molecule has 0 spiro atoms. The van der Waals surface area contributed by atoms with Gasteiger partial charge in [0, 0.05) is 155 Å². The molecule has 14 amide bonds. The van der Waals surface area contributed by atoms with E-state index in [-0.39, 0.29) is 265 Å². The molecule has 2 saturated heterocycles. The van der Waals surface area contributed by atoms with Gasteiger partial charge in [-0.25, -0.2) is 24.0 Å². The van der Waals surface area contributed by atoms with Gasteiger partial charge in [0.05, 0.1) is 18.9 Å². The number of hydrogen-bond donors (Lipinski definition) is 8. The Morgan fingerprint density at radius 3 is 1.04 bits per heavy atom. The van der Waals surface area contributed by atoms with E-state index in [9.17, 15) is 81.5 Å². The molecule has 2 fully saturated rings. The minimum absolute atomic E-state index is 0. The van der Waals surface area contributed by atoms with Crippen molar-refractivity contribution in [2.45, 2.75) is 254 Å². The van der Waals surface area contributed by atoms with Gasteiger partial charge in [0.1, 0.15) is 22.6 Å². The van der Waals surface area contributed by atoms with Gasteiger partial charge in [-0.1, -0.05) is 40.5 Å². The van der Waals surface area contributed by atoms with Crippen molar-refractivity contribution >= 4 is 182 Å². The molecular formula is C71H138N14O22S6. The summed E-state index contributed by atoms with van der Waals surface area (Å²) in [4.78, 5) is 225. The molecule has 0 bridgehead atoms. The normalized spacial score (nSPS) is 12.4. The highest BCUT2D eigenvalue weighted by atomic mass is 32.1. The summed E-state index contributed by atoms with van der Waals surface area (Å²) in [6.07, 6.45) is 2.78. The van der Waals surface area contributed by atoms with Crippen LogP contribution in [0.2, 0.25) is 0 Å². The number of rotatable bonds is 46. The number of unbranched alkanes of at least 4 members (excludes halogenated alkanes) is 3. The van der Waals surface area contributed by atoms with Crippen LogP contribution >= 0.6 is 81.0 Å². The fraction of sp³-hybridized carbons (Fsp3) is 0.761. The third kappa shape index (κ3) is 59.4. The third-order valence-corrected chi connectivity index (χ3v) is 15.4. The van der Waals surface area contributed by atoms with Crippen molar-refractivity contribution in [1.82, 2.24) is 56.3 Å². The molecule has 2 heterocycles. The molecule has 36 nitrogen and oxygen atoms in total. The quantitative estimate of drug-likeness (QED) is 0.0239. The second kappa shape index (κ2) is 67.2. The predicted octanol–water partition coefficient (Wildman–Crippen LogP) is 4.28. The molecule has 11 N–H and O–H groups in total. The molecule has 0 aromatic heterocycles. The van der Waals surface area contributed by atoms with Crippen LogP contribution in [-0.4, -0.2) is 246 Å². The highest BCUT2D eigenvalue weighted by Crippen LogP contribution is 2.18. The summed E-state index contributed by atoms with van der Waals surface area (Å²) in [5, 5.41) is 14.1. The van der Waals surface area contributed by atoms with Gasteiger partial charge < -0.3 is 87.3 Å². The Hall–Kier alpha value is -6.99. The average molecular weight is 1730 g/mol. The number of likely N-dealkylation sites (N-methyl/N-ethyl adjacent to an activating group) is 1. The zero-order valence-electron chi connectivity index (χ0n) is 69.1. The summed E-state index contributed by atoms with van der Waals surface area (Å²) in [6, 6.07) is -0.453. The lowest BCUT2D eigenvalue weighted by atomic mass is 9.97. The van der Waals surface area contributed by atoms with Crippen LogP contribution in [0.25, 0.3) is 0 Å². The van der Waals surface area contributed by atoms with Gasteiger partial charge in [-0.3, -0.25) is 57.5 Å². The van der Waals surface area contributed by atoms with Crippen molar-refractivity contribution in [1.29, 1.82) is 0 Å². The van der Waals surface area contributed by atoms with Crippen molar-refractivity contribution in [3.8, 4) is 0 Å². The van der Waals surface area contributed by atoms with E-state index in [4.69, 9.17) is 35.4 Å². The zero-order chi connectivity index (χ0) is 82.0. The summed E-state index contributed by atoms with van der Waals surface area (Å²) >= 11 is 0. The van der Waals surface area contributed by atoms with E-state index in [1.165, 1.54) is 26.6 Å². The summed E-state index contributed by atoms with van der Waals surface area (Å²) in [5.74, 6) is -7.26. The first-order valence-electron chi connectivity index (χ1n) is 37.0. The van der Waals surface area contributed by atoms with E-state index in [1.807, 2.05) is 20.8 Å². The largest absolute Gasteiger partial charge is 0.444 e. The second-order valence-electron chi connectivity index (χ2n) is 27.6. The third-order valence-electron chi connectivity index (χ3n) is 15.4. The number of nitrogens with one attached hydrogen (secondary N) is 5. The summed E-state index contributed by atoms with van der Waals surface area (Å²) < 4.78 is 15.7. The Balaban J connectivity index is -0.000000303. The molecule has 2 aliphatic heterocycles. The van der Waals surface area contributed by atoms with Crippen molar-refractivity contribution in [2.75, 3.05) is 92.6 Å². The van der Waals surface area contributed by atoms with Gasteiger partial charge >= 0.3 is 30.2 Å². The van der Waals surface area contributed by atoms with Crippen LogP contribution in [0.15, 0.2) is 0 Å². The van der Waals surface area contributed by atoms with E-state index in [0.717, 1.165) is 12.8 Å². The average Bonchev–Trinajstić information content (AvgIpc) is 1.74. The minimum Gasteiger partial charge on any atom is -0.444 e. The Kier molecular flexibility index (Phi) is 72.4. The first-order valence-corrected chi connectivity index (χ1v) is 37.0. The summed E-state index contributed by atoms with van der Waals surface area (Å²) in [7, 11) is 3.15. The highest BCUT2D eigenvalue weighted by Gasteiger charge is 2.35. The fourth-order valence-electron chi connectivity index (χ4n) is 9.87. The lowest BCUT2D eigenvalue weighted by Gasteiger charge is -2.28. The number of nitrogens with two attached hydrogens (primary N) is 3. The second-order valence-corrected chi connectivity index (χ2v) is 27.6. The van der Waals surface area contributed by atoms with Gasteiger partial charge in [-0.15, -0.1) is 10.1 Å². The van der Waals surface area contributed by atoms with Crippen molar-refractivity contribution < 1.29 is 105 Å². The summed E-state index contributed by atoms with van der Waals surface area (Å²) in [5.41, 5.74) is 13.1. The van der Waals surface area contributed by atoms with E-state index in [2.05, 4.69) is 32.3 Å². The molecule has 0 aromatic carbocycles. The number of amides is 14.